The monoisotopic (exact) mass is 394 g/mol. The highest BCUT2D eigenvalue weighted by molar-refractivity contribution is 8.00. The number of benzene rings is 2. The van der Waals surface area contributed by atoms with Crippen LogP contribution in [-0.4, -0.2) is 15.7 Å². The summed E-state index contributed by atoms with van der Waals surface area (Å²) >= 11 is 1.56. The number of hydrogen-bond acceptors (Lipinski definition) is 4. The van der Waals surface area contributed by atoms with E-state index in [0.29, 0.717) is 12.1 Å². The summed E-state index contributed by atoms with van der Waals surface area (Å²) in [5.74, 6) is -0.0965. The van der Waals surface area contributed by atoms with Gasteiger partial charge in [-0.25, -0.2) is 0 Å². The molecule has 0 spiro atoms. The number of aryl methyl sites for hydroxylation is 3. The summed E-state index contributed by atoms with van der Waals surface area (Å²) in [6, 6.07) is 14.3. The quantitative estimate of drug-likeness (QED) is 0.542. The molecule has 6 heteroatoms. The van der Waals surface area contributed by atoms with Crippen LogP contribution in [0.25, 0.3) is 0 Å². The van der Waals surface area contributed by atoms with Gasteiger partial charge in [-0.15, -0.1) is 0 Å². The number of nitrogens with one attached hydrogen (secondary N) is 2. The van der Waals surface area contributed by atoms with Crippen molar-refractivity contribution in [2.24, 2.45) is 7.05 Å². The molecule has 1 aromatic heterocycles. The fraction of sp³-hybridized carbons (Fsp3) is 0.273. The van der Waals surface area contributed by atoms with Gasteiger partial charge in [0.1, 0.15) is 0 Å². The van der Waals surface area contributed by atoms with E-state index in [4.69, 9.17) is 0 Å². The smallest absolute Gasteiger partial charge is 0.251 e. The van der Waals surface area contributed by atoms with E-state index in [0.717, 1.165) is 34.6 Å². The second kappa shape index (κ2) is 9.46. The number of rotatable bonds is 8. The third-order valence-electron chi connectivity index (χ3n) is 4.45. The number of carbonyl (C=O) groups is 1. The van der Waals surface area contributed by atoms with Crippen molar-refractivity contribution < 1.29 is 4.79 Å². The van der Waals surface area contributed by atoms with Gasteiger partial charge in [0.15, 0.2) is 0 Å². The van der Waals surface area contributed by atoms with Gasteiger partial charge in [0.25, 0.3) is 5.91 Å². The predicted molar refractivity (Wildman–Crippen MR) is 115 cm³/mol. The molecule has 0 atom stereocenters. The van der Waals surface area contributed by atoms with Crippen LogP contribution in [0, 0.1) is 6.92 Å². The minimum absolute atomic E-state index is 0.0965. The zero-order valence-corrected chi connectivity index (χ0v) is 17.3. The van der Waals surface area contributed by atoms with Crippen molar-refractivity contribution in [3.05, 3.63) is 77.1 Å². The molecule has 0 saturated carbocycles. The van der Waals surface area contributed by atoms with Crippen molar-refractivity contribution in [3.63, 3.8) is 0 Å². The molecule has 0 fully saturated rings. The molecule has 0 aliphatic heterocycles. The first-order valence-corrected chi connectivity index (χ1v) is 10.2. The van der Waals surface area contributed by atoms with Crippen molar-refractivity contribution in [3.8, 4) is 0 Å². The number of carbonyl (C=O) groups excluding carboxylic acids is 1. The Balaban J connectivity index is 1.61. The summed E-state index contributed by atoms with van der Waals surface area (Å²) in [4.78, 5) is 13.6. The summed E-state index contributed by atoms with van der Waals surface area (Å²) in [5.41, 5.74) is 5.00. The molecule has 3 aromatic rings. The molecule has 0 unspecified atom stereocenters. The summed E-state index contributed by atoms with van der Waals surface area (Å²) in [7, 11) is 1.86. The third kappa shape index (κ3) is 5.39. The molecule has 1 heterocycles. The van der Waals surface area contributed by atoms with Gasteiger partial charge in [0.05, 0.1) is 6.20 Å². The Bertz CT molecular complexity index is 934. The van der Waals surface area contributed by atoms with E-state index in [-0.39, 0.29) is 5.91 Å². The average molecular weight is 395 g/mol. The van der Waals surface area contributed by atoms with Crippen molar-refractivity contribution in [1.29, 1.82) is 0 Å². The van der Waals surface area contributed by atoms with Crippen LogP contribution in [0.4, 0.5) is 5.69 Å². The van der Waals surface area contributed by atoms with Crippen LogP contribution < -0.4 is 10.0 Å². The highest BCUT2D eigenvalue weighted by atomic mass is 32.2. The van der Waals surface area contributed by atoms with E-state index in [1.54, 1.807) is 22.8 Å². The van der Waals surface area contributed by atoms with Gasteiger partial charge < -0.3 is 10.0 Å². The van der Waals surface area contributed by atoms with Crippen LogP contribution in [0.2, 0.25) is 0 Å². The van der Waals surface area contributed by atoms with Gasteiger partial charge in [-0.3, -0.25) is 9.48 Å². The number of anilines is 1. The predicted octanol–water partition coefficient (Wildman–Crippen LogP) is 4.73. The number of amides is 1. The number of hydrogen-bond donors (Lipinski definition) is 2. The molecule has 0 radical (unpaired) electrons. The van der Waals surface area contributed by atoms with E-state index >= 15 is 0 Å². The fourth-order valence-corrected chi connectivity index (χ4v) is 3.57. The molecular formula is C22H26N4OS. The van der Waals surface area contributed by atoms with E-state index in [1.165, 1.54) is 5.56 Å². The van der Waals surface area contributed by atoms with E-state index in [2.05, 4.69) is 46.3 Å². The summed E-state index contributed by atoms with van der Waals surface area (Å²) < 4.78 is 5.10. The number of nitrogens with zero attached hydrogens (tertiary/aromatic N) is 2. The molecule has 0 saturated heterocycles. The molecule has 3 rings (SSSR count). The molecule has 0 aliphatic rings. The van der Waals surface area contributed by atoms with Gasteiger partial charge in [0.2, 0.25) is 0 Å². The van der Waals surface area contributed by atoms with Gasteiger partial charge in [-0.1, -0.05) is 31.5 Å². The topological polar surface area (TPSA) is 59.0 Å². The van der Waals surface area contributed by atoms with Crippen molar-refractivity contribution in [2.75, 3.05) is 4.72 Å². The fourth-order valence-electron chi connectivity index (χ4n) is 2.85. The Morgan fingerprint density at radius 3 is 2.61 bits per heavy atom. The van der Waals surface area contributed by atoms with Crippen LogP contribution in [-0.2, 0) is 20.0 Å². The minimum atomic E-state index is -0.0965. The van der Waals surface area contributed by atoms with Crippen LogP contribution >= 0.6 is 11.9 Å². The largest absolute Gasteiger partial charge is 0.348 e. The van der Waals surface area contributed by atoms with Crippen molar-refractivity contribution in [2.45, 2.75) is 38.1 Å². The molecule has 5 nitrogen and oxygen atoms in total. The second-order valence-corrected chi connectivity index (χ2v) is 7.71. The summed E-state index contributed by atoms with van der Waals surface area (Å²) in [5, 5.41) is 7.05. The lowest BCUT2D eigenvalue weighted by atomic mass is 10.1. The Hall–Kier alpha value is -2.73. The molecule has 1 amide bonds. The zero-order valence-electron chi connectivity index (χ0n) is 16.5. The van der Waals surface area contributed by atoms with Gasteiger partial charge in [-0.2, -0.15) is 5.10 Å². The van der Waals surface area contributed by atoms with Crippen LogP contribution in [0.1, 0.15) is 40.4 Å². The molecule has 2 aromatic carbocycles. The normalized spacial score (nSPS) is 10.7. The van der Waals surface area contributed by atoms with E-state index in [9.17, 15) is 4.79 Å². The van der Waals surface area contributed by atoms with Crippen LogP contribution in [0.3, 0.4) is 0 Å². The van der Waals surface area contributed by atoms with Gasteiger partial charge in [0, 0.05) is 41.5 Å². The Labute approximate surface area is 170 Å². The third-order valence-corrected chi connectivity index (χ3v) is 5.28. The lowest BCUT2D eigenvalue weighted by Gasteiger charge is -2.11. The first kappa shape index (κ1) is 20.0. The van der Waals surface area contributed by atoms with Gasteiger partial charge >= 0.3 is 0 Å². The first-order valence-electron chi connectivity index (χ1n) is 9.43. The van der Waals surface area contributed by atoms with Gasteiger partial charge in [-0.05, 0) is 60.7 Å². The Morgan fingerprint density at radius 2 is 1.93 bits per heavy atom. The second-order valence-electron chi connectivity index (χ2n) is 6.83. The minimum Gasteiger partial charge on any atom is -0.348 e. The molecule has 0 aliphatic carbocycles. The molecule has 28 heavy (non-hydrogen) atoms. The van der Waals surface area contributed by atoms with Crippen molar-refractivity contribution in [1.82, 2.24) is 15.1 Å². The molecule has 0 bridgehead atoms. The highest BCUT2D eigenvalue weighted by Crippen LogP contribution is 2.25. The van der Waals surface area contributed by atoms with Crippen molar-refractivity contribution >= 4 is 23.5 Å². The standard InChI is InChI=1S/C22H26N4OS/c1-4-5-17-7-10-20(11-8-17)28-25-21-12-19(9-6-16(21)2)22(27)23-13-18-14-24-26(3)15-18/h6-12,14-15,25H,4-5,13H2,1-3H3,(H,23,27). The average Bonchev–Trinajstić information content (AvgIpc) is 3.12. The zero-order chi connectivity index (χ0) is 19.9. The summed E-state index contributed by atoms with van der Waals surface area (Å²) in [6.45, 7) is 4.68. The highest BCUT2D eigenvalue weighted by Gasteiger charge is 2.09. The Morgan fingerprint density at radius 1 is 1.14 bits per heavy atom. The first-order chi connectivity index (χ1) is 13.5. The van der Waals surface area contributed by atoms with E-state index < -0.39 is 0 Å². The van der Waals surface area contributed by atoms with Crippen LogP contribution in [0.15, 0.2) is 59.8 Å². The number of aromatic nitrogens is 2. The summed E-state index contributed by atoms with van der Waals surface area (Å²) in [6.07, 6.45) is 5.91. The molecule has 2 N–H and O–H groups in total. The lowest BCUT2D eigenvalue weighted by molar-refractivity contribution is 0.0951. The molecule has 146 valence electrons. The van der Waals surface area contributed by atoms with Crippen LogP contribution in [0.5, 0.6) is 0 Å². The lowest BCUT2D eigenvalue weighted by Crippen LogP contribution is -2.22. The maximum Gasteiger partial charge on any atom is 0.251 e. The molecular weight excluding hydrogens is 368 g/mol. The SMILES string of the molecule is CCCc1ccc(SNc2cc(C(=O)NCc3cnn(C)c3)ccc2C)cc1. The van der Waals surface area contributed by atoms with E-state index in [1.807, 2.05) is 38.4 Å². The maximum atomic E-state index is 12.5. The Kier molecular flexibility index (Phi) is 6.76. The maximum absolute atomic E-state index is 12.5.